The van der Waals surface area contributed by atoms with Gasteiger partial charge in [0.25, 0.3) is 0 Å². The molecular formula is C13H20N2O5. The predicted octanol–water partition coefficient (Wildman–Crippen LogP) is -0.380. The van der Waals surface area contributed by atoms with Crippen LogP contribution < -0.4 is 5.32 Å². The van der Waals surface area contributed by atoms with Gasteiger partial charge in [-0.2, -0.15) is 0 Å². The Bertz CT molecular complexity index is 430. The van der Waals surface area contributed by atoms with Crippen LogP contribution in [0.4, 0.5) is 0 Å². The zero-order valence-corrected chi connectivity index (χ0v) is 11.5. The molecule has 0 spiro atoms. The molecule has 0 bridgehead atoms. The quantitative estimate of drug-likeness (QED) is 0.652. The zero-order valence-electron chi connectivity index (χ0n) is 11.5. The molecular weight excluding hydrogens is 264 g/mol. The third-order valence-electron chi connectivity index (χ3n) is 4.42. The molecule has 3 atom stereocenters. The van der Waals surface area contributed by atoms with E-state index in [1.54, 1.807) is 0 Å². The molecule has 2 saturated heterocycles. The van der Waals surface area contributed by atoms with Gasteiger partial charge in [-0.15, -0.1) is 0 Å². The number of rotatable bonds is 3. The number of likely N-dealkylation sites (tertiary alicyclic amines) is 1. The lowest BCUT2D eigenvalue weighted by molar-refractivity contribution is -0.160. The first-order valence-electron chi connectivity index (χ1n) is 6.81. The number of piperidine rings is 1. The van der Waals surface area contributed by atoms with Crippen LogP contribution in [0.3, 0.4) is 0 Å². The van der Waals surface area contributed by atoms with Crippen LogP contribution in [0.5, 0.6) is 0 Å². The van der Waals surface area contributed by atoms with E-state index in [1.807, 2.05) is 6.92 Å². The van der Waals surface area contributed by atoms with Crippen molar-refractivity contribution in [1.82, 2.24) is 10.2 Å². The maximum absolute atomic E-state index is 12.5. The molecule has 2 fully saturated rings. The van der Waals surface area contributed by atoms with Crippen LogP contribution in [0.2, 0.25) is 0 Å². The smallest absolute Gasteiger partial charge is 0.309 e. The molecule has 0 aromatic carbocycles. The third kappa shape index (κ3) is 2.63. The first-order chi connectivity index (χ1) is 9.35. The fraction of sp³-hybridized carbons (Fsp3) is 0.769. The number of carboxylic acid groups (broad SMARTS) is 2. The van der Waals surface area contributed by atoms with Gasteiger partial charge in [-0.1, -0.05) is 0 Å². The number of carbonyl (C=O) groups is 3. The topological polar surface area (TPSA) is 107 Å². The van der Waals surface area contributed by atoms with E-state index in [2.05, 4.69) is 5.32 Å². The molecule has 2 heterocycles. The lowest BCUT2D eigenvalue weighted by Gasteiger charge is -2.38. The minimum absolute atomic E-state index is 0.0132. The Kier molecular flexibility index (Phi) is 3.99. The van der Waals surface area contributed by atoms with Crippen LogP contribution in [-0.2, 0) is 14.4 Å². The van der Waals surface area contributed by atoms with Crippen molar-refractivity contribution in [3.8, 4) is 0 Å². The standard InChI is InChI=1S/C13H20N2O5/c1-13(3-4-14-7-13)12(20)15-5-2-8(10(16)17)9(6-15)11(18)19/h8-9,14H,2-7H2,1H3,(H,16,17)(H,18,19). The van der Waals surface area contributed by atoms with Gasteiger partial charge in [0.15, 0.2) is 0 Å². The van der Waals surface area contributed by atoms with Crippen molar-refractivity contribution in [3.05, 3.63) is 0 Å². The molecule has 3 N–H and O–H groups in total. The molecule has 1 amide bonds. The van der Waals surface area contributed by atoms with E-state index in [1.165, 1.54) is 4.90 Å². The van der Waals surface area contributed by atoms with E-state index in [4.69, 9.17) is 5.11 Å². The molecule has 7 nitrogen and oxygen atoms in total. The third-order valence-corrected chi connectivity index (χ3v) is 4.42. The highest BCUT2D eigenvalue weighted by Gasteiger charge is 2.45. The summed E-state index contributed by atoms with van der Waals surface area (Å²) in [5.74, 6) is -4.25. The Morgan fingerprint density at radius 1 is 1.20 bits per heavy atom. The molecule has 2 rings (SSSR count). The number of hydrogen-bond donors (Lipinski definition) is 3. The SMILES string of the molecule is CC1(C(=O)N2CCC(C(=O)O)C(C(=O)O)C2)CCNC1. The van der Waals surface area contributed by atoms with Crippen molar-refractivity contribution < 1.29 is 24.6 Å². The van der Waals surface area contributed by atoms with Gasteiger partial charge in [-0.3, -0.25) is 14.4 Å². The normalized spacial score (nSPS) is 34.0. The van der Waals surface area contributed by atoms with E-state index >= 15 is 0 Å². The van der Waals surface area contributed by atoms with Crippen LogP contribution in [0.1, 0.15) is 19.8 Å². The van der Waals surface area contributed by atoms with Gasteiger partial charge in [0.05, 0.1) is 17.3 Å². The molecule has 2 aliphatic heterocycles. The van der Waals surface area contributed by atoms with E-state index in [0.29, 0.717) is 13.1 Å². The summed E-state index contributed by atoms with van der Waals surface area (Å²) < 4.78 is 0. The first-order valence-corrected chi connectivity index (χ1v) is 6.81. The van der Waals surface area contributed by atoms with Crippen LogP contribution >= 0.6 is 0 Å². The van der Waals surface area contributed by atoms with Gasteiger partial charge in [-0.05, 0) is 26.3 Å². The molecule has 7 heteroatoms. The average molecular weight is 284 g/mol. The summed E-state index contributed by atoms with van der Waals surface area (Å²) in [6.45, 7) is 3.53. The number of aliphatic carboxylic acids is 2. The average Bonchev–Trinajstić information content (AvgIpc) is 2.85. The fourth-order valence-corrected chi connectivity index (χ4v) is 3.06. The first kappa shape index (κ1) is 14.8. The highest BCUT2D eigenvalue weighted by atomic mass is 16.4. The van der Waals surface area contributed by atoms with Gasteiger partial charge in [-0.25, -0.2) is 0 Å². The van der Waals surface area contributed by atoms with Crippen LogP contribution in [0, 0.1) is 17.3 Å². The molecule has 0 radical (unpaired) electrons. The second-order valence-electron chi connectivity index (χ2n) is 5.92. The summed E-state index contributed by atoms with van der Waals surface area (Å²) in [7, 11) is 0. The molecule has 0 aromatic heterocycles. The summed E-state index contributed by atoms with van der Waals surface area (Å²) in [5.41, 5.74) is -0.501. The number of carboxylic acids is 2. The fourth-order valence-electron chi connectivity index (χ4n) is 3.06. The van der Waals surface area contributed by atoms with Crippen molar-refractivity contribution in [1.29, 1.82) is 0 Å². The Hall–Kier alpha value is -1.63. The molecule has 0 aliphatic carbocycles. The van der Waals surface area contributed by atoms with Crippen molar-refractivity contribution in [2.45, 2.75) is 19.8 Å². The lowest BCUT2D eigenvalue weighted by Crippen LogP contribution is -2.52. The van der Waals surface area contributed by atoms with Gasteiger partial charge in [0.2, 0.25) is 5.91 Å². The highest BCUT2D eigenvalue weighted by Crippen LogP contribution is 2.31. The molecule has 2 aliphatic rings. The van der Waals surface area contributed by atoms with E-state index in [9.17, 15) is 19.5 Å². The van der Waals surface area contributed by atoms with Crippen molar-refractivity contribution in [2.24, 2.45) is 17.3 Å². The second kappa shape index (κ2) is 5.40. The Morgan fingerprint density at radius 2 is 1.85 bits per heavy atom. The predicted molar refractivity (Wildman–Crippen MR) is 69.0 cm³/mol. The number of carbonyl (C=O) groups excluding carboxylic acids is 1. The summed E-state index contributed by atoms with van der Waals surface area (Å²) in [6.07, 6.45) is 0.921. The summed E-state index contributed by atoms with van der Waals surface area (Å²) in [5, 5.41) is 21.4. The maximum Gasteiger partial charge on any atom is 0.309 e. The van der Waals surface area contributed by atoms with Gasteiger partial charge in [0.1, 0.15) is 0 Å². The Balaban J connectivity index is 2.10. The molecule has 20 heavy (non-hydrogen) atoms. The molecule has 3 unspecified atom stereocenters. The number of nitrogens with one attached hydrogen (secondary N) is 1. The lowest BCUT2D eigenvalue weighted by atomic mass is 9.82. The van der Waals surface area contributed by atoms with Gasteiger partial charge in [0, 0.05) is 19.6 Å². The zero-order chi connectivity index (χ0) is 14.9. The van der Waals surface area contributed by atoms with Gasteiger partial charge < -0.3 is 20.4 Å². The van der Waals surface area contributed by atoms with Gasteiger partial charge >= 0.3 is 11.9 Å². The number of nitrogens with zero attached hydrogens (tertiary/aromatic N) is 1. The highest BCUT2D eigenvalue weighted by molar-refractivity contribution is 5.85. The van der Waals surface area contributed by atoms with Crippen molar-refractivity contribution in [3.63, 3.8) is 0 Å². The van der Waals surface area contributed by atoms with Crippen LogP contribution in [0.25, 0.3) is 0 Å². The van der Waals surface area contributed by atoms with E-state index < -0.39 is 29.2 Å². The molecule has 0 saturated carbocycles. The minimum Gasteiger partial charge on any atom is -0.481 e. The molecule has 112 valence electrons. The van der Waals surface area contributed by atoms with Crippen LogP contribution in [0.15, 0.2) is 0 Å². The summed E-state index contributed by atoms with van der Waals surface area (Å²) in [4.78, 5) is 36.3. The van der Waals surface area contributed by atoms with Crippen LogP contribution in [-0.4, -0.2) is 59.1 Å². The number of hydrogen-bond acceptors (Lipinski definition) is 4. The number of amides is 1. The Morgan fingerprint density at radius 3 is 2.35 bits per heavy atom. The van der Waals surface area contributed by atoms with Crippen molar-refractivity contribution >= 4 is 17.8 Å². The Labute approximate surface area is 116 Å². The minimum atomic E-state index is -1.15. The molecule has 0 aromatic rings. The maximum atomic E-state index is 12.5. The second-order valence-corrected chi connectivity index (χ2v) is 5.92. The summed E-state index contributed by atoms with van der Waals surface area (Å²) in [6, 6.07) is 0. The van der Waals surface area contributed by atoms with Crippen molar-refractivity contribution in [2.75, 3.05) is 26.2 Å². The van der Waals surface area contributed by atoms with E-state index in [-0.39, 0.29) is 18.9 Å². The largest absolute Gasteiger partial charge is 0.481 e. The van der Waals surface area contributed by atoms with E-state index in [0.717, 1.165) is 13.0 Å². The summed E-state index contributed by atoms with van der Waals surface area (Å²) >= 11 is 0. The monoisotopic (exact) mass is 284 g/mol.